The van der Waals surface area contributed by atoms with Crippen molar-refractivity contribution in [2.75, 3.05) is 32.8 Å². The van der Waals surface area contributed by atoms with Crippen LogP contribution >= 0.6 is 0 Å². The van der Waals surface area contributed by atoms with Crippen LogP contribution in [0.3, 0.4) is 0 Å². The van der Waals surface area contributed by atoms with Gasteiger partial charge < -0.3 is 10.4 Å². The highest BCUT2D eigenvalue weighted by molar-refractivity contribution is 5.31. The Morgan fingerprint density at radius 3 is 2.26 bits per heavy atom. The highest BCUT2D eigenvalue weighted by Gasteiger charge is 2.45. The van der Waals surface area contributed by atoms with Crippen LogP contribution in [0.25, 0.3) is 0 Å². The Kier molecular flexibility index (Phi) is 5.22. The molecule has 0 radical (unpaired) electrons. The zero-order chi connectivity index (χ0) is 17.3. The number of aliphatic hydroxyl groups excluding tert-OH is 1. The standard InChI is InChI=1S/C14H16F6N2O/c15-11-2-1-9(7-10(11)14(18,19)20)12(13(16,17)8-23)22-5-3-21-4-6-22/h1-2,7,12,21,23H,3-6,8H2/t12-/m0/s1. The summed E-state index contributed by atoms with van der Waals surface area (Å²) in [5.41, 5.74) is -1.97. The van der Waals surface area contributed by atoms with Crippen LogP contribution in [0.5, 0.6) is 0 Å². The van der Waals surface area contributed by atoms with Gasteiger partial charge in [-0.15, -0.1) is 0 Å². The van der Waals surface area contributed by atoms with E-state index in [-0.39, 0.29) is 18.7 Å². The Hall–Kier alpha value is -1.32. The van der Waals surface area contributed by atoms with Crippen LogP contribution in [-0.4, -0.2) is 48.7 Å². The summed E-state index contributed by atoms with van der Waals surface area (Å²) in [6, 6.07) is 0.0732. The smallest absolute Gasteiger partial charge is 0.390 e. The minimum Gasteiger partial charge on any atom is -0.390 e. The number of hydrogen-bond acceptors (Lipinski definition) is 3. The van der Waals surface area contributed by atoms with Crippen molar-refractivity contribution in [1.82, 2.24) is 10.2 Å². The van der Waals surface area contributed by atoms with Gasteiger partial charge in [0.05, 0.1) is 5.56 Å². The van der Waals surface area contributed by atoms with Crippen LogP contribution < -0.4 is 5.32 Å². The number of nitrogens with one attached hydrogen (secondary N) is 1. The maximum Gasteiger partial charge on any atom is 0.419 e. The van der Waals surface area contributed by atoms with Gasteiger partial charge in [-0.1, -0.05) is 6.07 Å². The molecule has 3 nitrogen and oxygen atoms in total. The summed E-state index contributed by atoms with van der Waals surface area (Å²) in [5.74, 6) is -5.18. The van der Waals surface area contributed by atoms with Crippen LogP contribution in [0.15, 0.2) is 18.2 Å². The van der Waals surface area contributed by atoms with E-state index in [1.165, 1.54) is 4.90 Å². The third-order valence-electron chi connectivity index (χ3n) is 3.74. The molecular formula is C14H16F6N2O. The number of benzene rings is 1. The Morgan fingerprint density at radius 2 is 1.74 bits per heavy atom. The van der Waals surface area contributed by atoms with Crippen molar-refractivity contribution >= 4 is 0 Å². The van der Waals surface area contributed by atoms with Crippen molar-refractivity contribution in [3.05, 3.63) is 35.1 Å². The number of rotatable bonds is 4. The Bertz CT molecular complexity index is 543. The lowest BCUT2D eigenvalue weighted by atomic mass is 9.96. The normalized spacial score (nSPS) is 18.9. The van der Waals surface area contributed by atoms with Crippen molar-refractivity contribution in [3.8, 4) is 0 Å². The van der Waals surface area contributed by atoms with Crippen LogP contribution in [0.2, 0.25) is 0 Å². The van der Waals surface area contributed by atoms with Crippen LogP contribution in [0.1, 0.15) is 17.2 Å². The average Bonchev–Trinajstić information content (AvgIpc) is 2.49. The van der Waals surface area contributed by atoms with E-state index in [0.29, 0.717) is 25.2 Å². The first-order valence-corrected chi connectivity index (χ1v) is 6.97. The first-order valence-electron chi connectivity index (χ1n) is 6.97. The summed E-state index contributed by atoms with van der Waals surface area (Å²) >= 11 is 0. The van der Waals surface area contributed by atoms with Crippen molar-refractivity contribution in [3.63, 3.8) is 0 Å². The van der Waals surface area contributed by atoms with Crippen LogP contribution in [-0.2, 0) is 6.18 Å². The van der Waals surface area contributed by atoms with Crippen molar-refractivity contribution in [2.24, 2.45) is 0 Å². The van der Waals surface area contributed by atoms with Gasteiger partial charge >= 0.3 is 6.18 Å². The van der Waals surface area contributed by atoms with Gasteiger partial charge in [0.25, 0.3) is 5.92 Å². The van der Waals surface area contributed by atoms with Crippen molar-refractivity contribution in [1.29, 1.82) is 0 Å². The monoisotopic (exact) mass is 342 g/mol. The van der Waals surface area contributed by atoms with Gasteiger partial charge in [-0.05, 0) is 17.7 Å². The maximum absolute atomic E-state index is 14.1. The summed E-state index contributed by atoms with van der Waals surface area (Å²) in [4.78, 5) is 1.29. The van der Waals surface area contributed by atoms with Gasteiger partial charge in [0.15, 0.2) is 0 Å². The minimum absolute atomic E-state index is 0.180. The second-order valence-corrected chi connectivity index (χ2v) is 5.34. The summed E-state index contributed by atoms with van der Waals surface area (Å²) in [5, 5.41) is 11.9. The van der Waals surface area contributed by atoms with Crippen LogP contribution in [0, 0.1) is 5.82 Å². The fourth-order valence-electron chi connectivity index (χ4n) is 2.68. The molecule has 0 spiro atoms. The zero-order valence-electron chi connectivity index (χ0n) is 12.0. The quantitative estimate of drug-likeness (QED) is 0.825. The molecule has 2 N–H and O–H groups in total. The lowest BCUT2D eigenvalue weighted by molar-refractivity contribution is -0.140. The molecule has 0 saturated carbocycles. The van der Waals surface area contributed by atoms with Gasteiger partial charge in [0.2, 0.25) is 0 Å². The maximum atomic E-state index is 14.1. The molecule has 0 aliphatic carbocycles. The molecule has 1 saturated heterocycles. The molecule has 0 amide bonds. The molecule has 1 fully saturated rings. The molecule has 1 atom stereocenters. The van der Waals surface area contributed by atoms with E-state index in [1.807, 2.05) is 0 Å². The first kappa shape index (κ1) is 18.0. The predicted octanol–water partition coefficient (Wildman–Crippen LogP) is 2.42. The molecule has 0 aromatic heterocycles. The first-order chi connectivity index (χ1) is 10.7. The van der Waals surface area contributed by atoms with Crippen LogP contribution in [0.4, 0.5) is 26.3 Å². The molecule has 0 bridgehead atoms. The fraction of sp³-hybridized carbons (Fsp3) is 0.571. The molecule has 0 unspecified atom stereocenters. The number of hydrogen-bond donors (Lipinski definition) is 2. The highest BCUT2D eigenvalue weighted by atomic mass is 19.4. The van der Waals surface area contributed by atoms with Gasteiger partial charge in [-0.25, -0.2) is 13.2 Å². The summed E-state index contributed by atoms with van der Waals surface area (Å²) in [6.07, 6.45) is -4.98. The van der Waals surface area contributed by atoms with Gasteiger partial charge in [-0.3, -0.25) is 4.90 Å². The average molecular weight is 342 g/mol. The third-order valence-corrected chi connectivity index (χ3v) is 3.74. The van der Waals surface area contributed by atoms with E-state index < -0.39 is 36.1 Å². The summed E-state index contributed by atoms with van der Waals surface area (Å²) < 4.78 is 80.1. The van der Waals surface area contributed by atoms with E-state index in [1.54, 1.807) is 0 Å². The molecule has 2 rings (SSSR count). The lowest BCUT2D eigenvalue weighted by Gasteiger charge is -2.39. The van der Waals surface area contributed by atoms with Crippen molar-refractivity contribution < 1.29 is 31.4 Å². The molecule has 1 heterocycles. The molecule has 1 aromatic rings. The number of alkyl halides is 5. The highest BCUT2D eigenvalue weighted by Crippen LogP contribution is 2.39. The number of aliphatic hydroxyl groups is 1. The molecule has 1 aliphatic rings. The van der Waals surface area contributed by atoms with E-state index in [2.05, 4.69) is 5.32 Å². The van der Waals surface area contributed by atoms with Gasteiger partial charge in [-0.2, -0.15) is 13.2 Å². The predicted molar refractivity (Wildman–Crippen MR) is 70.6 cm³/mol. The molecule has 130 valence electrons. The largest absolute Gasteiger partial charge is 0.419 e. The number of piperazine rings is 1. The Balaban J connectivity index is 2.47. The van der Waals surface area contributed by atoms with E-state index in [0.717, 1.165) is 6.07 Å². The van der Waals surface area contributed by atoms with E-state index in [4.69, 9.17) is 5.11 Å². The summed E-state index contributed by atoms with van der Waals surface area (Å²) in [7, 11) is 0. The second-order valence-electron chi connectivity index (χ2n) is 5.34. The molecular weight excluding hydrogens is 326 g/mol. The SMILES string of the molecule is OCC(F)(F)[C@H](c1ccc(F)c(C(F)(F)F)c1)N1CCNCC1. The summed E-state index contributed by atoms with van der Waals surface area (Å²) in [6.45, 7) is -0.366. The topological polar surface area (TPSA) is 35.5 Å². The number of halogens is 6. The minimum atomic E-state index is -4.98. The zero-order valence-corrected chi connectivity index (χ0v) is 12.0. The van der Waals surface area contributed by atoms with Gasteiger partial charge in [0, 0.05) is 26.2 Å². The molecule has 9 heteroatoms. The molecule has 1 aliphatic heterocycles. The molecule has 1 aromatic carbocycles. The van der Waals surface area contributed by atoms with Crippen molar-refractivity contribution in [2.45, 2.75) is 18.1 Å². The second kappa shape index (κ2) is 6.66. The van der Waals surface area contributed by atoms with E-state index >= 15 is 0 Å². The molecule has 23 heavy (non-hydrogen) atoms. The Morgan fingerprint density at radius 1 is 1.13 bits per heavy atom. The fourth-order valence-corrected chi connectivity index (χ4v) is 2.68. The Labute approximate surface area is 128 Å². The van der Waals surface area contributed by atoms with Gasteiger partial charge in [0.1, 0.15) is 18.5 Å². The number of nitrogens with zero attached hydrogens (tertiary/aromatic N) is 1. The third kappa shape index (κ3) is 3.96. The van der Waals surface area contributed by atoms with E-state index in [9.17, 15) is 26.3 Å². The lowest BCUT2D eigenvalue weighted by Crippen LogP contribution is -2.51.